The van der Waals surface area contributed by atoms with Gasteiger partial charge in [0.15, 0.2) is 5.16 Å². The molecule has 0 spiro atoms. The third-order valence-corrected chi connectivity index (χ3v) is 5.62. The lowest BCUT2D eigenvalue weighted by atomic mass is 10.2. The van der Waals surface area contributed by atoms with Gasteiger partial charge in [0, 0.05) is 17.9 Å². The summed E-state index contributed by atoms with van der Waals surface area (Å²) in [6.45, 7) is 4.20. The van der Waals surface area contributed by atoms with Gasteiger partial charge in [-0.2, -0.15) is 13.2 Å². The third kappa shape index (κ3) is 6.58. The molecular formula is C22H22F3N5O2S. The van der Waals surface area contributed by atoms with Gasteiger partial charge in [-0.3, -0.25) is 9.59 Å². The van der Waals surface area contributed by atoms with E-state index < -0.39 is 17.6 Å². The lowest BCUT2D eigenvalue weighted by Gasteiger charge is -2.11. The molecule has 1 aromatic heterocycles. The molecule has 0 atom stereocenters. The molecule has 0 fully saturated rings. The van der Waals surface area contributed by atoms with Crippen LogP contribution in [-0.2, 0) is 28.7 Å². The van der Waals surface area contributed by atoms with Crippen LogP contribution in [0.3, 0.4) is 0 Å². The summed E-state index contributed by atoms with van der Waals surface area (Å²) in [6, 6.07) is 11.8. The van der Waals surface area contributed by atoms with Crippen LogP contribution in [0.1, 0.15) is 23.9 Å². The highest BCUT2D eigenvalue weighted by Crippen LogP contribution is 2.30. The second-order valence-corrected chi connectivity index (χ2v) is 8.04. The average molecular weight is 478 g/mol. The lowest BCUT2D eigenvalue weighted by Crippen LogP contribution is -2.18. The molecule has 3 aromatic rings. The Morgan fingerprint density at radius 1 is 1.03 bits per heavy atom. The number of alkyl halides is 3. The Labute approximate surface area is 192 Å². The summed E-state index contributed by atoms with van der Waals surface area (Å²) in [5, 5.41) is 13.8. The van der Waals surface area contributed by atoms with Crippen molar-refractivity contribution in [3.05, 3.63) is 65.5 Å². The number of aromatic nitrogens is 3. The summed E-state index contributed by atoms with van der Waals surface area (Å²) >= 11 is 1.18. The minimum atomic E-state index is -4.50. The Kier molecular flexibility index (Phi) is 7.75. The van der Waals surface area contributed by atoms with E-state index in [2.05, 4.69) is 20.8 Å². The second kappa shape index (κ2) is 10.5. The molecule has 33 heavy (non-hydrogen) atoms. The molecule has 2 aromatic carbocycles. The Hall–Kier alpha value is -3.34. The van der Waals surface area contributed by atoms with Gasteiger partial charge < -0.3 is 15.2 Å². The lowest BCUT2D eigenvalue weighted by molar-refractivity contribution is -0.137. The Balaban J connectivity index is 1.60. The molecule has 174 valence electrons. The summed E-state index contributed by atoms with van der Waals surface area (Å²) in [4.78, 5) is 24.7. The fourth-order valence-electron chi connectivity index (χ4n) is 3.03. The number of nitrogens with zero attached hydrogens (tertiary/aromatic N) is 3. The number of para-hydroxylation sites is 1. The number of thioether (sulfide) groups is 1. The fourth-order valence-corrected chi connectivity index (χ4v) is 3.85. The molecule has 0 unspecified atom stereocenters. The highest BCUT2D eigenvalue weighted by molar-refractivity contribution is 7.99. The number of rotatable bonds is 8. The third-order valence-electron chi connectivity index (χ3n) is 4.65. The second-order valence-electron chi connectivity index (χ2n) is 7.10. The molecule has 0 bridgehead atoms. The Morgan fingerprint density at radius 2 is 1.79 bits per heavy atom. The van der Waals surface area contributed by atoms with Crippen molar-refractivity contribution >= 4 is 35.0 Å². The monoisotopic (exact) mass is 477 g/mol. The van der Waals surface area contributed by atoms with Crippen LogP contribution in [-0.4, -0.2) is 32.3 Å². The normalized spacial score (nSPS) is 11.3. The van der Waals surface area contributed by atoms with Crippen molar-refractivity contribution in [1.29, 1.82) is 0 Å². The predicted molar refractivity (Wildman–Crippen MR) is 120 cm³/mol. The number of hydrogen-bond acceptors (Lipinski definition) is 5. The standard InChI is InChI=1S/C22H22F3N5O2S/c1-3-30-18(12-19(31)26-16-9-6-8-15(11-16)22(23,24)25)28-29-21(30)33-13-20(32)27-17-10-5-4-7-14(17)2/h4-11H,3,12-13H2,1-2H3,(H,26,31)(H,27,32). The van der Waals surface area contributed by atoms with E-state index in [1.807, 2.05) is 38.1 Å². The summed E-state index contributed by atoms with van der Waals surface area (Å²) in [6.07, 6.45) is -4.67. The molecule has 0 aliphatic heterocycles. The number of anilines is 2. The largest absolute Gasteiger partial charge is 0.416 e. The molecule has 11 heteroatoms. The maximum Gasteiger partial charge on any atom is 0.416 e. The van der Waals surface area contributed by atoms with Gasteiger partial charge in [0.2, 0.25) is 11.8 Å². The molecule has 3 rings (SSSR count). The Bertz CT molecular complexity index is 1150. The number of halogens is 3. The van der Waals surface area contributed by atoms with Crippen LogP contribution in [0.4, 0.5) is 24.5 Å². The zero-order valence-electron chi connectivity index (χ0n) is 17.9. The number of carbonyl (C=O) groups excluding carboxylic acids is 2. The summed E-state index contributed by atoms with van der Waals surface area (Å²) in [7, 11) is 0. The zero-order valence-corrected chi connectivity index (χ0v) is 18.8. The SMILES string of the molecule is CCn1c(CC(=O)Nc2cccc(C(F)(F)F)c2)nnc1SCC(=O)Nc1ccccc1C. The molecule has 0 saturated carbocycles. The minimum Gasteiger partial charge on any atom is -0.326 e. The summed E-state index contributed by atoms with van der Waals surface area (Å²) in [5.74, 6) is -0.277. The summed E-state index contributed by atoms with van der Waals surface area (Å²) in [5.41, 5.74) is 0.869. The van der Waals surface area contributed by atoms with Crippen LogP contribution in [0, 0.1) is 6.92 Å². The first-order valence-corrected chi connectivity index (χ1v) is 11.0. The van der Waals surface area contributed by atoms with Crippen molar-refractivity contribution in [1.82, 2.24) is 14.8 Å². The topological polar surface area (TPSA) is 88.9 Å². The number of nitrogens with one attached hydrogen (secondary N) is 2. The van der Waals surface area contributed by atoms with E-state index in [9.17, 15) is 22.8 Å². The smallest absolute Gasteiger partial charge is 0.326 e. The number of amides is 2. The number of carbonyl (C=O) groups is 2. The molecule has 2 amide bonds. The molecule has 0 aliphatic carbocycles. The molecule has 0 saturated heterocycles. The van der Waals surface area contributed by atoms with Crippen molar-refractivity contribution in [2.75, 3.05) is 16.4 Å². The quantitative estimate of drug-likeness (QED) is 0.465. The van der Waals surface area contributed by atoms with E-state index in [1.165, 1.54) is 23.9 Å². The van der Waals surface area contributed by atoms with E-state index in [4.69, 9.17) is 0 Å². The first-order chi connectivity index (χ1) is 15.7. The van der Waals surface area contributed by atoms with Crippen molar-refractivity contribution in [3.63, 3.8) is 0 Å². The van der Waals surface area contributed by atoms with E-state index in [0.29, 0.717) is 17.5 Å². The van der Waals surface area contributed by atoms with E-state index >= 15 is 0 Å². The van der Waals surface area contributed by atoms with Gasteiger partial charge >= 0.3 is 6.18 Å². The van der Waals surface area contributed by atoms with Crippen LogP contribution in [0.5, 0.6) is 0 Å². The minimum absolute atomic E-state index is 0.0415. The van der Waals surface area contributed by atoms with Gasteiger partial charge in [-0.1, -0.05) is 36.0 Å². The van der Waals surface area contributed by atoms with Crippen LogP contribution in [0.15, 0.2) is 53.7 Å². The van der Waals surface area contributed by atoms with Gasteiger partial charge in [0.25, 0.3) is 0 Å². The first-order valence-electron chi connectivity index (χ1n) is 10.0. The number of aryl methyl sites for hydroxylation is 1. The van der Waals surface area contributed by atoms with E-state index in [1.54, 1.807) is 4.57 Å². The van der Waals surface area contributed by atoms with Gasteiger partial charge in [-0.25, -0.2) is 0 Å². The van der Waals surface area contributed by atoms with Crippen molar-refractivity contribution in [2.24, 2.45) is 0 Å². The predicted octanol–water partition coefficient (Wildman–Crippen LogP) is 4.54. The molecule has 1 heterocycles. The molecular weight excluding hydrogens is 455 g/mol. The van der Waals surface area contributed by atoms with E-state index in [0.717, 1.165) is 23.4 Å². The molecule has 0 radical (unpaired) electrons. The fraction of sp³-hybridized carbons (Fsp3) is 0.273. The van der Waals surface area contributed by atoms with Crippen LogP contribution in [0.25, 0.3) is 0 Å². The maximum absolute atomic E-state index is 12.9. The van der Waals surface area contributed by atoms with Gasteiger partial charge in [0.1, 0.15) is 5.82 Å². The van der Waals surface area contributed by atoms with Crippen molar-refractivity contribution in [2.45, 2.75) is 38.1 Å². The van der Waals surface area contributed by atoms with Crippen LogP contribution in [0.2, 0.25) is 0 Å². The van der Waals surface area contributed by atoms with E-state index in [-0.39, 0.29) is 23.8 Å². The molecule has 7 nitrogen and oxygen atoms in total. The van der Waals surface area contributed by atoms with Crippen molar-refractivity contribution in [3.8, 4) is 0 Å². The first kappa shape index (κ1) is 24.3. The average Bonchev–Trinajstić information content (AvgIpc) is 3.14. The van der Waals surface area contributed by atoms with Crippen LogP contribution < -0.4 is 10.6 Å². The van der Waals surface area contributed by atoms with Gasteiger partial charge in [0.05, 0.1) is 17.7 Å². The summed E-state index contributed by atoms with van der Waals surface area (Å²) < 4.78 is 40.3. The van der Waals surface area contributed by atoms with Crippen molar-refractivity contribution < 1.29 is 22.8 Å². The molecule has 2 N–H and O–H groups in total. The number of hydrogen-bond donors (Lipinski definition) is 2. The zero-order chi connectivity index (χ0) is 24.0. The van der Waals surface area contributed by atoms with Gasteiger partial charge in [-0.05, 0) is 43.7 Å². The number of benzene rings is 2. The highest BCUT2D eigenvalue weighted by atomic mass is 32.2. The maximum atomic E-state index is 12.9. The van der Waals surface area contributed by atoms with Gasteiger partial charge in [-0.15, -0.1) is 10.2 Å². The van der Waals surface area contributed by atoms with Crippen LogP contribution >= 0.6 is 11.8 Å². The molecule has 0 aliphatic rings. The highest BCUT2D eigenvalue weighted by Gasteiger charge is 2.30. The Morgan fingerprint density at radius 3 is 2.48 bits per heavy atom.